The van der Waals surface area contributed by atoms with Crippen molar-refractivity contribution in [1.82, 2.24) is 10.6 Å². The molecule has 0 spiro atoms. The molecule has 0 aliphatic heterocycles. The van der Waals surface area contributed by atoms with Crippen molar-refractivity contribution < 1.29 is 9.84 Å². The van der Waals surface area contributed by atoms with E-state index in [0.717, 1.165) is 11.1 Å². The number of phenolic OH excluding ortho intramolecular Hbond substituents is 1. The number of phenols is 1. The SMILES string of the molecule is CN=C(NCc1cc(OC)ccc1O)NC(C)c1ccc(Cl)cc1. The predicted molar refractivity (Wildman–Crippen MR) is 97.9 cm³/mol. The van der Waals surface area contributed by atoms with E-state index in [2.05, 4.69) is 15.6 Å². The van der Waals surface area contributed by atoms with Gasteiger partial charge in [0.1, 0.15) is 11.5 Å². The van der Waals surface area contributed by atoms with E-state index in [-0.39, 0.29) is 11.8 Å². The van der Waals surface area contributed by atoms with Crippen LogP contribution in [-0.2, 0) is 6.54 Å². The lowest BCUT2D eigenvalue weighted by Gasteiger charge is -2.19. The maximum Gasteiger partial charge on any atom is 0.191 e. The molecule has 128 valence electrons. The topological polar surface area (TPSA) is 65.9 Å². The van der Waals surface area contributed by atoms with Crippen molar-refractivity contribution in [1.29, 1.82) is 0 Å². The molecule has 0 fully saturated rings. The number of hydrogen-bond acceptors (Lipinski definition) is 3. The third-order valence-electron chi connectivity index (χ3n) is 3.68. The number of halogens is 1. The highest BCUT2D eigenvalue weighted by atomic mass is 35.5. The fraction of sp³-hybridized carbons (Fsp3) is 0.278. The number of rotatable bonds is 5. The molecule has 0 aliphatic rings. The fourth-order valence-corrected chi connectivity index (χ4v) is 2.37. The Morgan fingerprint density at radius 2 is 1.96 bits per heavy atom. The summed E-state index contributed by atoms with van der Waals surface area (Å²) < 4.78 is 5.18. The number of ether oxygens (including phenoxy) is 1. The quantitative estimate of drug-likeness (QED) is 0.572. The molecule has 0 amide bonds. The second-order valence-corrected chi connectivity index (χ2v) is 5.77. The molecule has 3 N–H and O–H groups in total. The molecular formula is C18H22ClN3O2. The van der Waals surface area contributed by atoms with E-state index in [4.69, 9.17) is 16.3 Å². The van der Waals surface area contributed by atoms with Crippen LogP contribution in [0, 0.1) is 0 Å². The van der Waals surface area contributed by atoms with E-state index < -0.39 is 0 Å². The van der Waals surface area contributed by atoms with Crippen LogP contribution in [0.1, 0.15) is 24.1 Å². The standard InChI is InChI=1S/C18H22ClN3O2/c1-12(13-4-6-15(19)7-5-13)22-18(20-2)21-11-14-10-16(24-3)8-9-17(14)23/h4-10,12,23H,11H2,1-3H3,(H2,20,21,22). The molecule has 0 aliphatic carbocycles. The number of guanidine groups is 1. The van der Waals surface area contributed by atoms with Gasteiger partial charge in [0, 0.05) is 24.2 Å². The van der Waals surface area contributed by atoms with Gasteiger partial charge in [-0.25, -0.2) is 0 Å². The molecule has 1 atom stereocenters. The van der Waals surface area contributed by atoms with Crippen LogP contribution in [0.25, 0.3) is 0 Å². The number of nitrogens with one attached hydrogen (secondary N) is 2. The van der Waals surface area contributed by atoms with Crippen LogP contribution in [0.4, 0.5) is 0 Å². The minimum Gasteiger partial charge on any atom is -0.508 e. The van der Waals surface area contributed by atoms with Crippen molar-refractivity contribution in [3.8, 4) is 11.5 Å². The summed E-state index contributed by atoms with van der Waals surface area (Å²) in [6, 6.07) is 12.9. The number of aromatic hydroxyl groups is 1. The molecule has 5 nitrogen and oxygen atoms in total. The number of hydrogen-bond donors (Lipinski definition) is 3. The Kier molecular flexibility index (Phi) is 6.32. The molecule has 24 heavy (non-hydrogen) atoms. The van der Waals surface area contributed by atoms with Crippen molar-refractivity contribution in [3.05, 3.63) is 58.6 Å². The second kappa shape index (κ2) is 8.45. The Bertz CT molecular complexity index is 702. The van der Waals surface area contributed by atoms with Crippen LogP contribution in [0.2, 0.25) is 5.02 Å². The van der Waals surface area contributed by atoms with E-state index in [1.807, 2.05) is 31.2 Å². The monoisotopic (exact) mass is 347 g/mol. The lowest BCUT2D eigenvalue weighted by atomic mass is 10.1. The summed E-state index contributed by atoms with van der Waals surface area (Å²) in [5.41, 5.74) is 1.84. The van der Waals surface area contributed by atoms with Gasteiger partial charge >= 0.3 is 0 Å². The second-order valence-electron chi connectivity index (χ2n) is 5.34. The zero-order valence-electron chi connectivity index (χ0n) is 14.0. The highest BCUT2D eigenvalue weighted by Gasteiger charge is 2.09. The van der Waals surface area contributed by atoms with E-state index >= 15 is 0 Å². The normalized spacial score (nSPS) is 12.6. The first-order chi connectivity index (χ1) is 11.5. The van der Waals surface area contributed by atoms with Gasteiger partial charge < -0.3 is 20.5 Å². The van der Waals surface area contributed by atoms with Crippen LogP contribution < -0.4 is 15.4 Å². The largest absolute Gasteiger partial charge is 0.508 e. The van der Waals surface area contributed by atoms with Crippen LogP contribution in [0.3, 0.4) is 0 Å². The third kappa shape index (κ3) is 4.80. The molecule has 0 saturated heterocycles. The maximum atomic E-state index is 9.93. The molecule has 2 aromatic rings. The number of nitrogens with zero attached hydrogens (tertiary/aromatic N) is 1. The first-order valence-electron chi connectivity index (χ1n) is 7.62. The maximum absolute atomic E-state index is 9.93. The predicted octanol–water partition coefficient (Wildman–Crippen LogP) is 3.48. The molecule has 0 aromatic heterocycles. The molecule has 6 heteroatoms. The van der Waals surface area contributed by atoms with Crippen molar-refractivity contribution >= 4 is 17.6 Å². The number of benzene rings is 2. The van der Waals surface area contributed by atoms with Crippen molar-refractivity contribution in [3.63, 3.8) is 0 Å². The van der Waals surface area contributed by atoms with Gasteiger partial charge in [0.15, 0.2) is 5.96 Å². The van der Waals surface area contributed by atoms with Crippen LogP contribution in [0.5, 0.6) is 11.5 Å². The molecule has 0 radical (unpaired) electrons. The summed E-state index contributed by atoms with van der Waals surface area (Å²) in [5, 5.41) is 17.1. The summed E-state index contributed by atoms with van der Waals surface area (Å²) in [6.07, 6.45) is 0. The molecular weight excluding hydrogens is 326 g/mol. The highest BCUT2D eigenvalue weighted by molar-refractivity contribution is 6.30. The van der Waals surface area contributed by atoms with E-state index in [1.165, 1.54) is 0 Å². The molecule has 1 unspecified atom stereocenters. The molecule has 0 saturated carbocycles. The van der Waals surface area contributed by atoms with Crippen LogP contribution in [-0.4, -0.2) is 25.2 Å². The Morgan fingerprint density at radius 3 is 2.58 bits per heavy atom. The first-order valence-corrected chi connectivity index (χ1v) is 7.99. The Balaban J connectivity index is 1.99. The molecule has 2 aromatic carbocycles. The zero-order valence-corrected chi connectivity index (χ0v) is 14.8. The van der Waals surface area contributed by atoms with Gasteiger partial charge in [-0.2, -0.15) is 0 Å². The van der Waals surface area contributed by atoms with Gasteiger partial charge in [0.05, 0.1) is 13.2 Å². The molecule has 2 rings (SSSR count). The van der Waals surface area contributed by atoms with E-state index in [1.54, 1.807) is 32.4 Å². The highest BCUT2D eigenvalue weighted by Crippen LogP contribution is 2.22. The third-order valence-corrected chi connectivity index (χ3v) is 3.93. The zero-order chi connectivity index (χ0) is 17.5. The minimum atomic E-state index is 0.0624. The molecule has 0 bridgehead atoms. The fourth-order valence-electron chi connectivity index (χ4n) is 2.24. The Morgan fingerprint density at radius 1 is 1.25 bits per heavy atom. The lowest BCUT2D eigenvalue weighted by Crippen LogP contribution is -2.38. The van der Waals surface area contributed by atoms with Crippen molar-refractivity contribution in [2.75, 3.05) is 14.2 Å². The first kappa shape index (κ1) is 17.9. The van der Waals surface area contributed by atoms with Gasteiger partial charge in [0.2, 0.25) is 0 Å². The van der Waals surface area contributed by atoms with Crippen LogP contribution >= 0.6 is 11.6 Å². The van der Waals surface area contributed by atoms with Crippen molar-refractivity contribution in [2.24, 2.45) is 4.99 Å². The summed E-state index contributed by atoms with van der Waals surface area (Å²) in [6.45, 7) is 2.47. The van der Waals surface area contributed by atoms with Gasteiger partial charge in [-0.3, -0.25) is 4.99 Å². The summed E-state index contributed by atoms with van der Waals surface area (Å²) in [7, 11) is 3.30. The summed E-state index contributed by atoms with van der Waals surface area (Å²) in [5.74, 6) is 1.55. The summed E-state index contributed by atoms with van der Waals surface area (Å²) in [4.78, 5) is 4.21. The van der Waals surface area contributed by atoms with Crippen molar-refractivity contribution in [2.45, 2.75) is 19.5 Å². The number of methoxy groups -OCH3 is 1. The number of aliphatic imine (C=N–C) groups is 1. The van der Waals surface area contributed by atoms with Gasteiger partial charge in [0.25, 0.3) is 0 Å². The Hall–Kier alpha value is -2.40. The molecule has 0 heterocycles. The lowest BCUT2D eigenvalue weighted by molar-refractivity contribution is 0.410. The average molecular weight is 348 g/mol. The van der Waals surface area contributed by atoms with Gasteiger partial charge in [-0.15, -0.1) is 0 Å². The van der Waals surface area contributed by atoms with Gasteiger partial charge in [-0.1, -0.05) is 23.7 Å². The Labute approximate surface area is 147 Å². The summed E-state index contributed by atoms with van der Waals surface area (Å²) >= 11 is 5.92. The van der Waals surface area contributed by atoms with E-state index in [9.17, 15) is 5.11 Å². The smallest absolute Gasteiger partial charge is 0.191 e. The van der Waals surface area contributed by atoms with Crippen LogP contribution in [0.15, 0.2) is 47.5 Å². The van der Waals surface area contributed by atoms with Gasteiger partial charge in [-0.05, 0) is 42.8 Å². The average Bonchev–Trinajstić information content (AvgIpc) is 2.60. The van der Waals surface area contributed by atoms with E-state index in [0.29, 0.717) is 23.3 Å². The minimum absolute atomic E-state index is 0.0624.